The first-order chi connectivity index (χ1) is 17.0. The van der Waals surface area contributed by atoms with Crippen molar-refractivity contribution in [2.75, 3.05) is 7.11 Å². The van der Waals surface area contributed by atoms with Crippen LogP contribution in [0.15, 0.2) is 84.9 Å². The third-order valence-corrected chi connectivity index (χ3v) is 7.39. The molecule has 2 aliphatic heterocycles. The maximum absolute atomic E-state index is 13.9. The second-order valence-corrected chi connectivity index (χ2v) is 9.43. The summed E-state index contributed by atoms with van der Waals surface area (Å²) in [5.74, 6) is -3.01. The lowest BCUT2D eigenvalue weighted by Crippen LogP contribution is -2.57. The Kier molecular flexibility index (Phi) is 6.17. The molecule has 178 valence electrons. The Morgan fingerprint density at radius 1 is 0.914 bits per heavy atom. The molecule has 0 aliphatic carbocycles. The van der Waals surface area contributed by atoms with Crippen LogP contribution in [0.3, 0.4) is 0 Å². The number of methoxy groups -OCH3 is 1. The largest absolute Gasteiger partial charge is 0.468 e. The van der Waals surface area contributed by atoms with Gasteiger partial charge in [-0.15, -0.1) is 0 Å². The van der Waals surface area contributed by atoms with Gasteiger partial charge in [-0.2, -0.15) is 0 Å². The molecule has 1 N–H and O–H groups in total. The van der Waals surface area contributed by atoms with Crippen molar-refractivity contribution in [3.05, 3.63) is 107 Å². The maximum atomic E-state index is 13.9. The Bertz CT molecular complexity index is 1270. The molecule has 0 aromatic heterocycles. The fourth-order valence-electron chi connectivity index (χ4n) is 5.50. The molecule has 0 spiro atoms. The van der Waals surface area contributed by atoms with Crippen molar-refractivity contribution < 1.29 is 19.1 Å². The lowest BCUT2D eigenvalue weighted by molar-refractivity contribution is -0.154. The van der Waals surface area contributed by atoms with E-state index in [1.54, 1.807) is 12.1 Å². The lowest BCUT2D eigenvalue weighted by atomic mass is 9.76. The minimum absolute atomic E-state index is 0.142. The minimum atomic E-state index is -1.43. The first-order valence-corrected chi connectivity index (χ1v) is 11.9. The van der Waals surface area contributed by atoms with Crippen molar-refractivity contribution in [2.24, 2.45) is 11.8 Å². The van der Waals surface area contributed by atoms with E-state index in [1.165, 1.54) is 12.0 Å². The zero-order chi connectivity index (χ0) is 24.6. The highest BCUT2D eigenvalue weighted by atomic mass is 35.5. The average Bonchev–Trinajstić information content (AvgIpc) is 3.34. The zero-order valence-corrected chi connectivity index (χ0v) is 19.9. The molecular weight excluding hydrogens is 464 g/mol. The van der Waals surface area contributed by atoms with E-state index in [1.807, 2.05) is 72.8 Å². The molecule has 2 fully saturated rings. The SMILES string of the molecule is COC(=O)[C@@]1(Cc2ccccc2)N[C@H](c2ccccc2Cl)[C@@H]2C(=O)N(Cc3ccccc3)C(=O)[C@@H]21. The normalized spacial score (nSPS) is 25.5. The van der Waals surface area contributed by atoms with Gasteiger partial charge in [-0.1, -0.05) is 90.5 Å². The molecule has 2 heterocycles. The quantitative estimate of drug-likeness (QED) is 0.420. The third-order valence-electron chi connectivity index (χ3n) is 7.04. The molecule has 5 rings (SSSR count). The summed E-state index contributed by atoms with van der Waals surface area (Å²) in [6.45, 7) is 0.142. The van der Waals surface area contributed by atoms with Gasteiger partial charge in [-0.05, 0) is 22.8 Å². The van der Waals surface area contributed by atoms with Gasteiger partial charge >= 0.3 is 5.97 Å². The summed E-state index contributed by atoms with van der Waals surface area (Å²) in [6.07, 6.45) is 0.195. The number of benzene rings is 3. The molecule has 2 amide bonds. The number of amides is 2. The summed E-state index contributed by atoms with van der Waals surface area (Å²) < 4.78 is 5.25. The molecule has 0 unspecified atom stereocenters. The Hall–Kier alpha value is -3.48. The summed E-state index contributed by atoms with van der Waals surface area (Å²) in [6, 6.07) is 25.4. The molecule has 3 aromatic rings. The number of nitrogens with zero attached hydrogens (tertiary/aromatic N) is 1. The molecule has 2 aliphatic rings. The summed E-state index contributed by atoms with van der Waals surface area (Å²) in [4.78, 5) is 42.5. The Morgan fingerprint density at radius 2 is 1.51 bits per heavy atom. The van der Waals surface area contributed by atoms with E-state index < -0.39 is 29.4 Å². The molecule has 6 nitrogen and oxygen atoms in total. The number of halogens is 1. The number of carbonyl (C=O) groups excluding carboxylic acids is 3. The molecule has 35 heavy (non-hydrogen) atoms. The minimum Gasteiger partial charge on any atom is -0.468 e. The van der Waals surface area contributed by atoms with Gasteiger partial charge in [-0.25, -0.2) is 0 Å². The van der Waals surface area contributed by atoms with E-state index >= 15 is 0 Å². The van der Waals surface area contributed by atoms with E-state index in [9.17, 15) is 14.4 Å². The lowest BCUT2D eigenvalue weighted by Gasteiger charge is -2.32. The highest BCUT2D eigenvalue weighted by Crippen LogP contribution is 2.51. The zero-order valence-electron chi connectivity index (χ0n) is 19.2. The predicted octanol–water partition coefficient (Wildman–Crippen LogP) is 3.94. The van der Waals surface area contributed by atoms with Crippen LogP contribution < -0.4 is 5.32 Å². The number of imide groups is 1. The summed E-state index contributed by atoms with van der Waals surface area (Å²) >= 11 is 6.55. The highest BCUT2D eigenvalue weighted by Gasteiger charge is 2.68. The summed E-state index contributed by atoms with van der Waals surface area (Å²) in [7, 11) is 1.30. The van der Waals surface area contributed by atoms with E-state index in [-0.39, 0.29) is 24.8 Å². The van der Waals surface area contributed by atoms with Crippen molar-refractivity contribution in [1.29, 1.82) is 0 Å². The van der Waals surface area contributed by atoms with Crippen molar-refractivity contribution >= 4 is 29.4 Å². The Morgan fingerprint density at radius 3 is 2.14 bits per heavy atom. The topological polar surface area (TPSA) is 75.7 Å². The van der Waals surface area contributed by atoms with Gasteiger partial charge in [0, 0.05) is 17.5 Å². The van der Waals surface area contributed by atoms with Crippen LogP contribution in [0.25, 0.3) is 0 Å². The maximum Gasteiger partial charge on any atom is 0.327 e. The summed E-state index contributed by atoms with van der Waals surface area (Å²) in [5, 5.41) is 3.84. The fourth-order valence-corrected chi connectivity index (χ4v) is 5.75. The van der Waals surface area contributed by atoms with Crippen LogP contribution in [-0.4, -0.2) is 35.3 Å². The molecule has 2 saturated heterocycles. The van der Waals surface area contributed by atoms with E-state index in [2.05, 4.69) is 5.32 Å². The van der Waals surface area contributed by atoms with Crippen molar-refractivity contribution in [3.63, 3.8) is 0 Å². The van der Waals surface area contributed by atoms with Gasteiger partial charge in [0.15, 0.2) is 0 Å². The Balaban J connectivity index is 1.64. The van der Waals surface area contributed by atoms with Gasteiger partial charge in [-0.3, -0.25) is 24.6 Å². The molecular formula is C28H25ClN2O4. The van der Waals surface area contributed by atoms with E-state index in [0.29, 0.717) is 10.6 Å². The second-order valence-electron chi connectivity index (χ2n) is 9.02. The average molecular weight is 489 g/mol. The monoisotopic (exact) mass is 488 g/mol. The third kappa shape index (κ3) is 3.93. The number of rotatable bonds is 6. The molecule has 3 aromatic carbocycles. The number of hydrogen-bond acceptors (Lipinski definition) is 5. The van der Waals surface area contributed by atoms with Crippen LogP contribution in [0.2, 0.25) is 5.02 Å². The van der Waals surface area contributed by atoms with Crippen molar-refractivity contribution in [2.45, 2.75) is 24.5 Å². The number of carbonyl (C=O) groups is 3. The van der Waals surface area contributed by atoms with Crippen LogP contribution in [0.4, 0.5) is 0 Å². The number of likely N-dealkylation sites (tertiary alicyclic amines) is 1. The van der Waals surface area contributed by atoms with Gasteiger partial charge < -0.3 is 4.74 Å². The smallest absolute Gasteiger partial charge is 0.327 e. The number of esters is 1. The first kappa shape index (κ1) is 23.3. The van der Waals surface area contributed by atoms with Gasteiger partial charge in [0.2, 0.25) is 11.8 Å². The van der Waals surface area contributed by atoms with Crippen molar-refractivity contribution in [1.82, 2.24) is 10.2 Å². The van der Waals surface area contributed by atoms with Crippen LogP contribution in [0.1, 0.15) is 22.7 Å². The first-order valence-electron chi connectivity index (χ1n) is 11.5. The Labute approximate surface area is 208 Å². The molecule has 0 radical (unpaired) electrons. The molecule has 0 saturated carbocycles. The number of ether oxygens (including phenoxy) is 1. The number of nitrogens with one attached hydrogen (secondary N) is 1. The van der Waals surface area contributed by atoms with Gasteiger partial charge in [0.25, 0.3) is 0 Å². The molecule has 7 heteroatoms. The van der Waals surface area contributed by atoms with E-state index in [4.69, 9.17) is 16.3 Å². The van der Waals surface area contributed by atoms with Crippen molar-refractivity contribution in [3.8, 4) is 0 Å². The summed E-state index contributed by atoms with van der Waals surface area (Å²) in [5.41, 5.74) is 0.933. The van der Waals surface area contributed by atoms with Crippen LogP contribution in [-0.2, 0) is 32.1 Å². The van der Waals surface area contributed by atoms with E-state index in [0.717, 1.165) is 11.1 Å². The molecule has 0 bridgehead atoms. The van der Waals surface area contributed by atoms with Crippen LogP contribution >= 0.6 is 11.6 Å². The van der Waals surface area contributed by atoms with Crippen LogP contribution in [0.5, 0.6) is 0 Å². The number of fused-ring (bicyclic) bond motifs is 1. The van der Waals surface area contributed by atoms with Crippen LogP contribution in [0, 0.1) is 11.8 Å². The second kappa shape index (κ2) is 9.29. The molecule has 4 atom stereocenters. The van der Waals surface area contributed by atoms with Gasteiger partial charge in [0.05, 0.1) is 25.5 Å². The highest BCUT2D eigenvalue weighted by molar-refractivity contribution is 6.31. The predicted molar refractivity (Wildman–Crippen MR) is 131 cm³/mol. The van der Waals surface area contributed by atoms with Gasteiger partial charge in [0.1, 0.15) is 5.54 Å². The fraction of sp³-hybridized carbons (Fsp3) is 0.250. The standard InChI is InChI=1S/C28H25ClN2O4/c1-35-27(34)28(16-18-10-4-2-5-11-18)23-22(24(30-28)20-14-8-9-15-21(20)29)25(32)31(26(23)33)17-19-12-6-3-7-13-19/h2-15,22-24,30H,16-17H2,1H3/t22-,23-,24-,28+/m1/s1. The number of hydrogen-bond donors (Lipinski definition) is 1.